The molecule has 6 heteroatoms. The lowest BCUT2D eigenvalue weighted by molar-refractivity contribution is 0.0942. The van der Waals surface area contributed by atoms with Gasteiger partial charge in [-0.25, -0.2) is 4.68 Å². The Morgan fingerprint density at radius 2 is 2.21 bits per heavy atom. The van der Waals surface area contributed by atoms with Crippen LogP contribution in [0.4, 0.5) is 0 Å². The molecule has 24 heavy (non-hydrogen) atoms. The molecule has 0 spiro atoms. The Bertz CT molecular complexity index is 741. The molecule has 0 radical (unpaired) electrons. The number of benzene rings is 1. The van der Waals surface area contributed by atoms with Crippen LogP contribution in [0, 0.1) is 5.92 Å². The Hall–Kier alpha value is -1.66. The number of rotatable bonds is 5. The topological polar surface area (TPSA) is 72.9 Å². The number of nitrogens with two attached hydrogens (primary N) is 1. The van der Waals surface area contributed by atoms with E-state index in [1.165, 1.54) is 0 Å². The molecule has 0 saturated heterocycles. The van der Waals surface area contributed by atoms with Crippen LogP contribution in [-0.4, -0.2) is 28.8 Å². The zero-order valence-corrected chi connectivity index (χ0v) is 15.5. The number of halogens is 1. The van der Waals surface area contributed by atoms with E-state index in [1.54, 1.807) is 0 Å². The lowest BCUT2D eigenvalue weighted by Crippen LogP contribution is -2.32. The van der Waals surface area contributed by atoms with Crippen molar-refractivity contribution in [1.82, 2.24) is 15.1 Å². The molecule has 1 aromatic carbocycles. The van der Waals surface area contributed by atoms with Gasteiger partial charge in [-0.1, -0.05) is 28.9 Å². The van der Waals surface area contributed by atoms with Gasteiger partial charge in [-0.15, -0.1) is 0 Å². The summed E-state index contributed by atoms with van der Waals surface area (Å²) in [4.78, 5) is 12.6. The summed E-state index contributed by atoms with van der Waals surface area (Å²) in [5, 5.41) is 7.63. The largest absolute Gasteiger partial charge is 0.350 e. The zero-order chi connectivity index (χ0) is 17.1. The maximum atomic E-state index is 12.6. The summed E-state index contributed by atoms with van der Waals surface area (Å²) in [6.07, 6.45) is 4.12. The molecular weight excluding hydrogens is 368 g/mol. The monoisotopic (exact) mass is 390 g/mol. The zero-order valence-electron chi connectivity index (χ0n) is 13.9. The second kappa shape index (κ2) is 7.49. The van der Waals surface area contributed by atoms with Crippen LogP contribution in [0.3, 0.4) is 0 Å². The predicted molar refractivity (Wildman–Crippen MR) is 98.5 cm³/mol. The van der Waals surface area contributed by atoms with E-state index in [0.717, 1.165) is 47.1 Å². The second-order valence-electron chi connectivity index (χ2n) is 6.42. The maximum absolute atomic E-state index is 12.6. The lowest BCUT2D eigenvalue weighted by atomic mass is 9.95. The van der Waals surface area contributed by atoms with Crippen molar-refractivity contribution in [3.63, 3.8) is 0 Å². The van der Waals surface area contributed by atoms with Crippen LogP contribution in [0.5, 0.6) is 0 Å². The van der Waals surface area contributed by atoms with Crippen LogP contribution >= 0.6 is 15.9 Å². The number of carbonyl (C=O) groups is 1. The van der Waals surface area contributed by atoms with E-state index in [1.807, 2.05) is 35.9 Å². The fraction of sp³-hybridized carbons (Fsp3) is 0.444. The summed E-state index contributed by atoms with van der Waals surface area (Å²) in [6, 6.07) is 8.02. The van der Waals surface area contributed by atoms with Crippen molar-refractivity contribution >= 4 is 21.8 Å². The van der Waals surface area contributed by atoms with Crippen LogP contribution in [0.2, 0.25) is 0 Å². The Morgan fingerprint density at radius 3 is 2.96 bits per heavy atom. The highest BCUT2D eigenvalue weighted by atomic mass is 79.9. The molecular formula is C18H23BrN4O. The van der Waals surface area contributed by atoms with Gasteiger partial charge in [-0.3, -0.25) is 4.79 Å². The third kappa shape index (κ3) is 3.54. The summed E-state index contributed by atoms with van der Waals surface area (Å²) in [5.41, 5.74) is 9.43. The number of hydrogen-bond acceptors (Lipinski definition) is 3. The van der Waals surface area contributed by atoms with Gasteiger partial charge in [0.05, 0.1) is 5.69 Å². The van der Waals surface area contributed by atoms with Gasteiger partial charge in [0, 0.05) is 22.3 Å². The second-order valence-corrected chi connectivity index (χ2v) is 7.34. The van der Waals surface area contributed by atoms with Crippen molar-refractivity contribution in [1.29, 1.82) is 0 Å². The fourth-order valence-corrected chi connectivity index (χ4v) is 3.42. The molecule has 1 aliphatic rings. The normalized spacial score (nSPS) is 15.0. The number of amides is 1. The van der Waals surface area contributed by atoms with E-state index in [0.29, 0.717) is 18.8 Å². The minimum Gasteiger partial charge on any atom is -0.350 e. The molecule has 128 valence electrons. The molecule has 0 fully saturated rings. The van der Waals surface area contributed by atoms with Gasteiger partial charge in [0.15, 0.2) is 5.69 Å². The number of carbonyl (C=O) groups excluding carboxylic acids is 1. The van der Waals surface area contributed by atoms with Gasteiger partial charge in [0.25, 0.3) is 5.91 Å². The molecule has 1 aliphatic carbocycles. The van der Waals surface area contributed by atoms with Crippen LogP contribution in [0.25, 0.3) is 5.69 Å². The minimum atomic E-state index is -0.0952. The first-order chi connectivity index (χ1) is 11.6. The Morgan fingerprint density at radius 1 is 1.42 bits per heavy atom. The van der Waals surface area contributed by atoms with Crippen molar-refractivity contribution in [2.45, 2.75) is 32.6 Å². The van der Waals surface area contributed by atoms with Gasteiger partial charge < -0.3 is 11.1 Å². The van der Waals surface area contributed by atoms with Gasteiger partial charge in [0.1, 0.15) is 0 Å². The lowest BCUT2D eigenvalue weighted by Gasteiger charge is -2.14. The molecule has 0 aliphatic heterocycles. The molecule has 3 rings (SSSR count). The van der Waals surface area contributed by atoms with Crippen LogP contribution < -0.4 is 11.1 Å². The first-order valence-corrected chi connectivity index (χ1v) is 9.24. The summed E-state index contributed by atoms with van der Waals surface area (Å²) in [5.74, 6) is 0.166. The van der Waals surface area contributed by atoms with Gasteiger partial charge in [-0.05, 0) is 56.3 Å². The molecule has 1 heterocycles. The number of nitrogens with one attached hydrogen (secondary N) is 1. The SMILES string of the molecule is CC(CN)CNC(=O)c1nn(-c2cccc(Br)c2)c2c1CCCC2. The Kier molecular flexibility index (Phi) is 5.36. The first kappa shape index (κ1) is 17.2. The summed E-state index contributed by atoms with van der Waals surface area (Å²) in [7, 11) is 0. The Labute approximate surface area is 150 Å². The van der Waals surface area contributed by atoms with Crippen molar-refractivity contribution < 1.29 is 4.79 Å². The average molecular weight is 391 g/mol. The number of aromatic nitrogens is 2. The predicted octanol–water partition coefficient (Wildman–Crippen LogP) is 2.84. The molecule has 0 bridgehead atoms. The standard InChI is InChI=1S/C18H23BrN4O/c1-12(10-20)11-21-18(24)17-15-7-2-3-8-16(15)23(22-17)14-6-4-5-13(19)9-14/h4-6,9,12H,2-3,7-8,10-11,20H2,1H3,(H,21,24). The minimum absolute atomic E-state index is 0.0952. The van der Waals surface area contributed by atoms with E-state index in [2.05, 4.69) is 26.3 Å². The van der Waals surface area contributed by atoms with Crippen molar-refractivity contribution in [3.05, 3.63) is 45.7 Å². The van der Waals surface area contributed by atoms with E-state index in [-0.39, 0.29) is 11.8 Å². The molecule has 1 amide bonds. The van der Waals surface area contributed by atoms with E-state index < -0.39 is 0 Å². The van der Waals surface area contributed by atoms with Crippen molar-refractivity contribution in [2.75, 3.05) is 13.1 Å². The van der Waals surface area contributed by atoms with Gasteiger partial charge in [-0.2, -0.15) is 5.10 Å². The van der Waals surface area contributed by atoms with Crippen LogP contribution in [0.1, 0.15) is 41.5 Å². The first-order valence-electron chi connectivity index (χ1n) is 8.45. The van der Waals surface area contributed by atoms with E-state index >= 15 is 0 Å². The highest BCUT2D eigenvalue weighted by molar-refractivity contribution is 9.10. The summed E-state index contributed by atoms with van der Waals surface area (Å²) < 4.78 is 2.93. The smallest absolute Gasteiger partial charge is 0.272 e. The average Bonchev–Trinajstić information content (AvgIpc) is 2.99. The number of nitrogens with zero attached hydrogens (tertiary/aromatic N) is 2. The van der Waals surface area contributed by atoms with Crippen molar-refractivity contribution in [2.24, 2.45) is 11.7 Å². The van der Waals surface area contributed by atoms with E-state index in [4.69, 9.17) is 5.73 Å². The molecule has 3 N–H and O–H groups in total. The third-order valence-electron chi connectivity index (χ3n) is 4.46. The molecule has 5 nitrogen and oxygen atoms in total. The molecule has 0 saturated carbocycles. The van der Waals surface area contributed by atoms with Gasteiger partial charge in [0.2, 0.25) is 0 Å². The summed E-state index contributed by atoms with van der Waals surface area (Å²) in [6.45, 7) is 3.16. The quantitative estimate of drug-likeness (QED) is 0.823. The van der Waals surface area contributed by atoms with Crippen molar-refractivity contribution in [3.8, 4) is 5.69 Å². The molecule has 1 atom stereocenters. The van der Waals surface area contributed by atoms with E-state index in [9.17, 15) is 4.79 Å². The van der Waals surface area contributed by atoms with Crippen LogP contribution in [0.15, 0.2) is 28.7 Å². The van der Waals surface area contributed by atoms with Gasteiger partial charge >= 0.3 is 0 Å². The molecule has 1 aromatic heterocycles. The third-order valence-corrected chi connectivity index (χ3v) is 4.95. The maximum Gasteiger partial charge on any atom is 0.272 e. The van der Waals surface area contributed by atoms with Crippen LogP contribution in [-0.2, 0) is 12.8 Å². The highest BCUT2D eigenvalue weighted by Gasteiger charge is 2.25. The molecule has 2 aromatic rings. The summed E-state index contributed by atoms with van der Waals surface area (Å²) >= 11 is 3.51. The fourth-order valence-electron chi connectivity index (χ4n) is 3.04. The number of hydrogen-bond donors (Lipinski definition) is 2. The molecule has 1 unspecified atom stereocenters. The Balaban J connectivity index is 1.94. The highest BCUT2D eigenvalue weighted by Crippen LogP contribution is 2.27. The number of fused-ring (bicyclic) bond motifs is 1.